The molecule has 0 radical (unpaired) electrons. The lowest BCUT2D eigenvalue weighted by atomic mass is 10.1. The van der Waals surface area contributed by atoms with Crippen LogP contribution in [0.3, 0.4) is 0 Å². The number of hydrogen-bond donors (Lipinski definition) is 0. The van der Waals surface area contributed by atoms with Gasteiger partial charge >= 0.3 is 0 Å². The number of rotatable bonds is 6. The predicted molar refractivity (Wildman–Crippen MR) is 98.2 cm³/mol. The Morgan fingerprint density at radius 3 is 2.56 bits per heavy atom. The molecule has 2 saturated heterocycles. The Labute approximate surface area is 158 Å². The normalized spacial score (nSPS) is 20.8. The highest BCUT2D eigenvalue weighted by molar-refractivity contribution is 5.94. The fourth-order valence-electron chi connectivity index (χ4n) is 3.76. The highest BCUT2D eigenvalue weighted by Crippen LogP contribution is 2.19. The van der Waals surface area contributed by atoms with Gasteiger partial charge in [0.15, 0.2) is 0 Å². The number of aryl methyl sites for hydroxylation is 1. The van der Waals surface area contributed by atoms with E-state index in [0.717, 1.165) is 18.5 Å². The molecule has 0 unspecified atom stereocenters. The summed E-state index contributed by atoms with van der Waals surface area (Å²) in [6.07, 6.45) is 2.15. The molecule has 0 bridgehead atoms. The number of hydrogen-bond acceptors (Lipinski definition) is 3. The summed E-state index contributed by atoms with van der Waals surface area (Å²) in [5, 5.41) is 0. The van der Waals surface area contributed by atoms with Gasteiger partial charge in [-0.15, -0.1) is 0 Å². The zero-order valence-electron chi connectivity index (χ0n) is 15.9. The number of nitrogens with zero attached hydrogens (tertiary/aromatic N) is 3. The van der Waals surface area contributed by atoms with E-state index < -0.39 is 6.04 Å². The molecule has 27 heavy (non-hydrogen) atoms. The lowest BCUT2D eigenvalue weighted by molar-refractivity contribution is -0.155. The van der Waals surface area contributed by atoms with E-state index in [2.05, 4.69) is 0 Å². The molecule has 0 N–H and O–H groups in total. The van der Waals surface area contributed by atoms with Crippen molar-refractivity contribution in [1.29, 1.82) is 0 Å². The van der Waals surface area contributed by atoms with Crippen LogP contribution in [-0.2, 0) is 20.9 Å². The fraction of sp³-hybridized carbons (Fsp3) is 0.550. The Kier molecular flexibility index (Phi) is 5.77. The van der Waals surface area contributed by atoms with Gasteiger partial charge in [0.2, 0.25) is 17.7 Å². The van der Waals surface area contributed by atoms with Crippen molar-refractivity contribution in [3.05, 3.63) is 35.1 Å². The molecule has 3 rings (SSSR count). The third-order valence-electron chi connectivity index (χ3n) is 5.35. The maximum absolute atomic E-state index is 14.0. The minimum Gasteiger partial charge on any atom is -0.343 e. The van der Waals surface area contributed by atoms with Gasteiger partial charge in [0.25, 0.3) is 0 Å². The molecule has 2 heterocycles. The van der Waals surface area contributed by atoms with Crippen LogP contribution in [0.5, 0.6) is 0 Å². The van der Waals surface area contributed by atoms with Crippen LogP contribution in [0.4, 0.5) is 4.39 Å². The first-order chi connectivity index (χ1) is 12.9. The molecule has 7 heteroatoms. The summed E-state index contributed by atoms with van der Waals surface area (Å²) in [4.78, 5) is 41.7. The minimum absolute atomic E-state index is 0.00452. The average Bonchev–Trinajstić information content (AvgIpc) is 3.04. The number of carbonyl (C=O) groups is 3. The number of piperazine rings is 1. The maximum atomic E-state index is 14.0. The van der Waals surface area contributed by atoms with E-state index in [1.54, 1.807) is 24.0 Å². The van der Waals surface area contributed by atoms with E-state index in [-0.39, 0.29) is 36.6 Å². The molecular weight excluding hydrogens is 349 g/mol. The van der Waals surface area contributed by atoms with Gasteiger partial charge in [-0.2, -0.15) is 0 Å². The fourth-order valence-corrected chi connectivity index (χ4v) is 3.76. The van der Waals surface area contributed by atoms with Crippen LogP contribution in [0.1, 0.15) is 37.3 Å². The van der Waals surface area contributed by atoms with Crippen molar-refractivity contribution in [3.8, 4) is 0 Å². The number of likely N-dealkylation sites (tertiary alicyclic amines) is 1. The smallest absolute Gasteiger partial charge is 0.245 e. The van der Waals surface area contributed by atoms with Gasteiger partial charge in [0.1, 0.15) is 11.9 Å². The Morgan fingerprint density at radius 2 is 1.85 bits per heavy atom. The van der Waals surface area contributed by atoms with Crippen LogP contribution in [-0.4, -0.2) is 64.6 Å². The first-order valence-corrected chi connectivity index (χ1v) is 9.48. The maximum Gasteiger partial charge on any atom is 0.245 e. The summed E-state index contributed by atoms with van der Waals surface area (Å²) < 4.78 is 14.0. The van der Waals surface area contributed by atoms with E-state index in [4.69, 9.17) is 0 Å². The average molecular weight is 375 g/mol. The van der Waals surface area contributed by atoms with Gasteiger partial charge in [0, 0.05) is 38.2 Å². The molecule has 6 nitrogen and oxygen atoms in total. The molecule has 2 fully saturated rings. The Bertz CT molecular complexity index is 752. The van der Waals surface area contributed by atoms with Crippen molar-refractivity contribution in [2.24, 2.45) is 0 Å². The van der Waals surface area contributed by atoms with E-state index in [1.165, 1.54) is 11.0 Å². The van der Waals surface area contributed by atoms with Crippen LogP contribution >= 0.6 is 0 Å². The van der Waals surface area contributed by atoms with Crippen molar-refractivity contribution < 1.29 is 18.8 Å². The summed E-state index contributed by atoms with van der Waals surface area (Å²) in [5.74, 6) is -0.516. The third-order valence-corrected chi connectivity index (χ3v) is 5.35. The van der Waals surface area contributed by atoms with Crippen LogP contribution < -0.4 is 0 Å². The quantitative estimate of drug-likeness (QED) is 0.760. The topological polar surface area (TPSA) is 60.9 Å². The first kappa shape index (κ1) is 19.3. The van der Waals surface area contributed by atoms with Crippen LogP contribution in [0.2, 0.25) is 0 Å². The third kappa shape index (κ3) is 4.28. The largest absolute Gasteiger partial charge is 0.343 e. The molecule has 2 aliphatic rings. The standard InChI is InChI=1S/C20H26FN3O3/c1-14-6-7-17(21)16(11-14)12-24-15(2)20(27)23(13-19(24)26)10-4-9-22-8-3-5-18(22)25/h6-7,11,15H,3-5,8-10,12-13H2,1-2H3/t15-/m0/s1. The number of halogens is 1. The van der Waals surface area contributed by atoms with Crippen LogP contribution in [0, 0.1) is 12.7 Å². The molecule has 0 aliphatic carbocycles. The van der Waals surface area contributed by atoms with Gasteiger partial charge in [-0.1, -0.05) is 17.7 Å². The highest BCUT2D eigenvalue weighted by atomic mass is 19.1. The molecule has 0 spiro atoms. The SMILES string of the molecule is Cc1ccc(F)c(CN2C(=O)CN(CCCN3CCCC3=O)C(=O)[C@@H]2C)c1. The van der Waals surface area contributed by atoms with E-state index in [0.29, 0.717) is 31.5 Å². The Hall–Kier alpha value is -2.44. The molecule has 0 saturated carbocycles. The number of benzene rings is 1. The molecule has 1 aromatic rings. The second-order valence-electron chi connectivity index (χ2n) is 7.39. The van der Waals surface area contributed by atoms with E-state index >= 15 is 0 Å². The van der Waals surface area contributed by atoms with E-state index in [9.17, 15) is 18.8 Å². The minimum atomic E-state index is -0.625. The molecule has 0 aromatic heterocycles. The predicted octanol–water partition coefficient (Wildman–Crippen LogP) is 1.71. The van der Waals surface area contributed by atoms with Gasteiger partial charge in [-0.05, 0) is 32.8 Å². The van der Waals surface area contributed by atoms with Gasteiger partial charge in [-0.3, -0.25) is 14.4 Å². The monoisotopic (exact) mass is 375 g/mol. The number of carbonyl (C=O) groups excluding carboxylic acids is 3. The van der Waals surface area contributed by atoms with Crippen LogP contribution in [0.15, 0.2) is 18.2 Å². The summed E-state index contributed by atoms with van der Waals surface area (Å²) >= 11 is 0. The second-order valence-corrected chi connectivity index (χ2v) is 7.39. The van der Waals surface area contributed by atoms with Crippen LogP contribution in [0.25, 0.3) is 0 Å². The first-order valence-electron chi connectivity index (χ1n) is 9.48. The number of amides is 3. The van der Waals surface area contributed by atoms with Gasteiger partial charge in [0.05, 0.1) is 6.54 Å². The zero-order chi connectivity index (χ0) is 19.6. The lowest BCUT2D eigenvalue weighted by Crippen LogP contribution is -2.58. The molecule has 146 valence electrons. The van der Waals surface area contributed by atoms with Crippen molar-refractivity contribution in [2.75, 3.05) is 26.2 Å². The van der Waals surface area contributed by atoms with Crippen molar-refractivity contribution >= 4 is 17.7 Å². The summed E-state index contributed by atoms with van der Waals surface area (Å²) in [5.41, 5.74) is 1.33. The summed E-state index contributed by atoms with van der Waals surface area (Å²) in [6.45, 7) is 5.49. The molecule has 1 atom stereocenters. The molecule has 1 aromatic carbocycles. The molecule has 3 amide bonds. The Balaban J connectivity index is 1.58. The second kappa shape index (κ2) is 8.06. The Morgan fingerprint density at radius 1 is 1.11 bits per heavy atom. The molecular formula is C20H26FN3O3. The molecule has 2 aliphatic heterocycles. The highest BCUT2D eigenvalue weighted by Gasteiger charge is 2.36. The van der Waals surface area contributed by atoms with Gasteiger partial charge in [-0.25, -0.2) is 4.39 Å². The lowest BCUT2D eigenvalue weighted by Gasteiger charge is -2.39. The van der Waals surface area contributed by atoms with Crippen molar-refractivity contribution in [2.45, 2.75) is 45.7 Å². The summed E-state index contributed by atoms with van der Waals surface area (Å²) in [6, 6.07) is 4.15. The summed E-state index contributed by atoms with van der Waals surface area (Å²) in [7, 11) is 0. The zero-order valence-corrected chi connectivity index (χ0v) is 15.9. The van der Waals surface area contributed by atoms with Crippen molar-refractivity contribution in [1.82, 2.24) is 14.7 Å². The van der Waals surface area contributed by atoms with Gasteiger partial charge < -0.3 is 14.7 Å². The van der Waals surface area contributed by atoms with E-state index in [1.807, 2.05) is 11.8 Å². The van der Waals surface area contributed by atoms with Crippen molar-refractivity contribution in [3.63, 3.8) is 0 Å².